The average Bonchev–Trinajstić information content (AvgIpc) is 2.51. The van der Waals surface area contributed by atoms with E-state index in [0.717, 1.165) is 5.56 Å². The maximum absolute atomic E-state index is 10.6. The molecule has 0 aliphatic heterocycles. The molecular weight excluding hydrogens is 158 g/mol. The first-order valence-electron chi connectivity index (χ1n) is 3.85. The lowest BCUT2D eigenvalue weighted by Gasteiger charge is -2.05. The summed E-state index contributed by atoms with van der Waals surface area (Å²) < 4.78 is 4.60. The molecule has 0 amide bonds. The molecule has 0 saturated heterocycles. The van der Waals surface area contributed by atoms with Crippen molar-refractivity contribution >= 4 is 5.97 Å². The van der Waals surface area contributed by atoms with Crippen LogP contribution in [0.15, 0.2) is 17.0 Å². The number of hydrogen-bond acceptors (Lipinski definition) is 3. The zero-order valence-electron chi connectivity index (χ0n) is 6.86. The molecule has 4 nitrogen and oxygen atoms in total. The van der Waals surface area contributed by atoms with Gasteiger partial charge in [-0.25, -0.2) is 0 Å². The number of nitrogens with zero attached hydrogens (tertiary/aromatic N) is 1. The third-order valence-corrected chi connectivity index (χ3v) is 1.81. The van der Waals surface area contributed by atoms with Crippen molar-refractivity contribution in [2.75, 3.05) is 0 Å². The molecule has 1 atom stereocenters. The average molecular weight is 169 g/mol. The number of aliphatic carboxylic acids is 1. The number of aromatic nitrogens is 1. The highest BCUT2D eigenvalue weighted by molar-refractivity contribution is 5.70. The molecule has 0 spiro atoms. The van der Waals surface area contributed by atoms with Crippen LogP contribution in [0, 0.1) is 5.92 Å². The summed E-state index contributed by atoms with van der Waals surface area (Å²) in [5.74, 6) is -1.09. The summed E-state index contributed by atoms with van der Waals surface area (Å²) in [6, 6.07) is 0. The van der Waals surface area contributed by atoms with E-state index in [9.17, 15) is 4.79 Å². The van der Waals surface area contributed by atoms with Crippen LogP contribution in [0.3, 0.4) is 0 Å². The van der Waals surface area contributed by atoms with Crippen molar-refractivity contribution in [1.82, 2.24) is 5.16 Å². The first kappa shape index (κ1) is 8.77. The van der Waals surface area contributed by atoms with Gasteiger partial charge in [-0.15, -0.1) is 0 Å². The fourth-order valence-corrected chi connectivity index (χ4v) is 1.02. The maximum atomic E-state index is 10.6. The maximum Gasteiger partial charge on any atom is 0.306 e. The van der Waals surface area contributed by atoms with Crippen molar-refractivity contribution in [3.05, 3.63) is 18.0 Å². The number of carboxylic acid groups (broad SMARTS) is 1. The van der Waals surface area contributed by atoms with Crippen molar-refractivity contribution in [1.29, 1.82) is 0 Å². The minimum atomic E-state index is -0.765. The molecule has 12 heavy (non-hydrogen) atoms. The monoisotopic (exact) mass is 169 g/mol. The van der Waals surface area contributed by atoms with Crippen LogP contribution in [0.1, 0.15) is 18.9 Å². The molecule has 1 unspecified atom stereocenters. The van der Waals surface area contributed by atoms with Gasteiger partial charge in [-0.3, -0.25) is 4.79 Å². The topological polar surface area (TPSA) is 63.3 Å². The Labute approximate surface area is 70.2 Å². The second kappa shape index (κ2) is 3.90. The van der Waals surface area contributed by atoms with Gasteiger partial charge in [0.2, 0.25) is 0 Å². The van der Waals surface area contributed by atoms with Crippen LogP contribution in [0.4, 0.5) is 0 Å². The van der Waals surface area contributed by atoms with E-state index in [4.69, 9.17) is 5.11 Å². The fraction of sp³-hybridized carbons (Fsp3) is 0.500. The smallest absolute Gasteiger partial charge is 0.306 e. The Bertz CT molecular complexity index is 243. The van der Waals surface area contributed by atoms with E-state index in [1.165, 1.54) is 6.26 Å². The predicted octanol–water partition coefficient (Wildman–Crippen LogP) is 1.33. The van der Waals surface area contributed by atoms with E-state index < -0.39 is 5.97 Å². The lowest BCUT2D eigenvalue weighted by molar-refractivity contribution is -0.141. The quantitative estimate of drug-likeness (QED) is 0.738. The number of rotatable bonds is 4. The molecule has 0 saturated carbocycles. The second-order valence-corrected chi connectivity index (χ2v) is 2.68. The van der Waals surface area contributed by atoms with Gasteiger partial charge in [-0.05, 0) is 12.8 Å². The molecule has 0 bridgehead atoms. The highest BCUT2D eigenvalue weighted by Crippen LogP contribution is 2.11. The molecule has 1 aromatic rings. The van der Waals surface area contributed by atoms with E-state index >= 15 is 0 Å². The number of carboxylic acids is 1. The molecular formula is C8H11NO3. The summed E-state index contributed by atoms with van der Waals surface area (Å²) in [6.45, 7) is 1.85. The summed E-state index contributed by atoms with van der Waals surface area (Å²) >= 11 is 0. The van der Waals surface area contributed by atoms with Crippen LogP contribution in [0.2, 0.25) is 0 Å². The number of hydrogen-bond donors (Lipinski definition) is 1. The van der Waals surface area contributed by atoms with Crippen LogP contribution in [0.25, 0.3) is 0 Å². The Hall–Kier alpha value is -1.32. The second-order valence-electron chi connectivity index (χ2n) is 2.68. The highest BCUT2D eigenvalue weighted by Gasteiger charge is 2.15. The van der Waals surface area contributed by atoms with E-state index in [0.29, 0.717) is 12.8 Å². The first-order chi connectivity index (χ1) is 5.74. The lowest BCUT2D eigenvalue weighted by atomic mass is 9.99. The van der Waals surface area contributed by atoms with Crippen LogP contribution < -0.4 is 0 Å². The molecule has 1 N–H and O–H groups in total. The molecule has 0 fully saturated rings. The van der Waals surface area contributed by atoms with Crippen molar-refractivity contribution in [3.8, 4) is 0 Å². The molecule has 1 rings (SSSR count). The van der Waals surface area contributed by atoms with Gasteiger partial charge in [-0.2, -0.15) is 0 Å². The van der Waals surface area contributed by atoms with Gasteiger partial charge in [0.05, 0.1) is 12.1 Å². The van der Waals surface area contributed by atoms with Gasteiger partial charge in [-0.1, -0.05) is 12.1 Å². The lowest BCUT2D eigenvalue weighted by Crippen LogP contribution is -2.14. The number of carbonyl (C=O) groups is 1. The van der Waals surface area contributed by atoms with Crippen molar-refractivity contribution < 1.29 is 14.4 Å². The molecule has 0 aliphatic rings. The Morgan fingerprint density at radius 3 is 3.00 bits per heavy atom. The SMILES string of the molecule is CCC(Cc1cnoc1)C(=O)O. The summed E-state index contributed by atoms with van der Waals surface area (Å²) in [4.78, 5) is 10.6. The predicted molar refractivity (Wildman–Crippen MR) is 41.6 cm³/mol. The fourth-order valence-electron chi connectivity index (χ4n) is 1.02. The highest BCUT2D eigenvalue weighted by atomic mass is 16.5. The molecule has 0 radical (unpaired) electrons. The van der Waals surface area contributed by atoms with E-state index in [1.54, 1.807) is 6.20 Å². The van der Waals surface area contributed by atoms with Crippen molar-refractivity contribution in [2.24, 2.45) is 5.92 Å². The van der Waals surface area contributed by atoms with Gasteiger partial charge in [0.25, 0.3) is 0 Å². The molecule has 1 aromatic heterocycles. The third-order valence-electron chi connectivity index (χ3n) is 1.81. The van der Waals surface area contributed by atoms with Crippen LogP contribution in [-0.2, 0) is 11.2 Å². The summed E-state index contributed by atoms with van der Waals surface area (Å²) in [6.07, 6.45) is 4.15. The molecule has 66 valence electrons. The third kappa shape index (κ3) is 2.08. The van der Waals surface area contributed by atoms with Crippen molar-refractivity contribution in [3.63, 3.8) is 0 Å². The Morgan fingerprint density at radius 2 is 2.58 bits per heavy atom. The largest absolute Gasteiger partial charge is 0.481 e. The summed E-state index contributed by atoms with van der Waals surface area (Å²) in [5, 5.41) is 12.2. The zero-order chi connectivity index (χ0) is 8.97. The van der Waals surface area contributed by atoms with Crippen LogP contribution >= 0.6 is 0 Å². The van der Waals surface area contributed by atoms with Crippen LogP contribution in [0.5, 0.6) is 0 Å². The summed E-state index contributed by atoms with van der Waals surface area (Å²) in [5.41, 5.74) is 0.837. The Morgan fingerprint density at radius 1 is 1.83 bits per heavy atom. The van der Waals surface area contributed by atoms with Crippen molar-refractivity contribution in [2.45, 2.75) is 19.8 Å². The van der Waals surface area contributed by atoms with Gasteiger partial charge < -0.3 is 9.63 Å². The minimum Gasteiger partial charge on any atom is -0.481 e. The van der Waals surface area contributed by atoms with Gasteiger partial charge in [0.1, 0.15) is 6.26 Å². The van der Waals surface area contributed by atoms with Crippen LogP contribution in [-0.4, -0.2) is 16.2 Å². The molecule has 4 heteroatoms. The Balaban J connectivity index is 2.54. The molecule has 0 aliphatic carbocycles. The van der Waals surface area contributed by atoms with E-state index in [1.807, 2.05) is 6.92 Å². The minimum absolute atomic E-state index is 0.329. The first-order valence-corrected chi connectivity index (χ1v) is 3.85. The molecule has 1 heterocycles. The Kier molecular flexibility index (Phi) is 2.85. The van der Waals surface area contributed by atoms with Gasteiger partial charge >= 0.3 is 5.97 Å². The summed E-state index contributed by atoms with van der Waals surface area (Å²) in [7, 11) is 0. The van der Waals surface area contributed by atoms with E-state index in [2.05, 4.69) is 9.68 Å². The molecule has 0 aromatic carbocycles. The standard InChI is InChI=1S/C8H11NO3/c1-2-7(8(10)11)3-6-4-9-12-5-6/h4-5,7H,2-3H2,1H3,(H,10,11). The zero-order valence-corrected chi connectivity index (χ0v) is 6.86. The van der Waals surface area contributed by atoms with E-state index in [-0.39, 0.29) is 5.92 Å². The van der Waals surface area contributed by atoms with Gasteiger partial charge in [0.15, 0.2) is 0 Å². The normalized spacial score (nSPS) is 12.8. The van der Waals surface area contributed by atoms with Gasteiger partial charge in [0, 0.05) is 5.56 Å².